The minimum absolute atomic E-state index is 0.301. The van der Waals surface area contributed by atoms with Gasteiger partial charge in [-0.25, -0.2) is 14.2 Å². The number of halogens is 1. The number of esters is 1. The second-order valence-electron chi connectivity index (χ2n) is 6.63. The molecule has 2 heterocycles. The van der Waals surface area contributed by atoms with Gasteiger partial charge in [-0.1, -0.05) is 24.3 Å². The predicted molar refractivity (Wildman–Crippen MR) is 112 cm³/mol. The van der Waals surface area contributed by atoms with Crippen LogP contribution in [0.4, 0.5) is 15.1 Å². The summed E-state index contributed by atoms with van der Waals surface area (Å²) in [6, 6.07) is 14.2. The lowest BCUT2D eigenvalue weighted by molar-refractivity contribution is 0.0601. The van der Waals surface area contributed by atoms with Gasteiger partial charge in [-0.3, -0.25) is 0 Å². The molecular weight excluding hydrogens is 391 g/mol. The highest BCUT2D eigenvalue weighted by Crippen LogP contribution is 2.38. The number of aliphatic imine (C=N–C) groups is 1. The molecule has 0 fully saturated rings. The van der Waals surface area contributed by atoms with E-state index in [2.05, 4.69) is 4.99 Å². The number of aryl methyl sites for hydroxylation is 1. The normalized spacial score (nSPS) is 12.6. The molecule has 1 aliphatic rings. The zero-order valence-electron chi connectivity index (χ0n) is 16.0. The third-order valence-electron chi connectivity index (χ3n) is 4.70. The van der Waals surface area contributed by atoms with E-state index in [4.69, 9.17) is 9.47 Å². The predicted octanol–water partition coefficient (Wildman–Crippen LogP) is 5.24. The van der Waals surface area contributed by atoms with E-state index in [9.17, 15) is 9.18 Å². The summed E-state index contributed by atoms with van der Waals surface area (Å²) in [5.74, 6) is -0.301. The van der Waals surface area contributed by atoms with Crippen molar-refractivity contribution in [1.29, 1.82) is 0 Å². The van der Waals surface area contributed by atoms with E-state index in [0.717, 1.165) is 27.4 Å². The maximum absolute atomic E-state index is 13.6. The number of thiophene rings is 1. The van der Waals surface area contributed by atoms with E-state index < -0.39 is 5.97 Å². The van der Waals surface area contributed by atoms with Gasteiger partial charge in [0.05, 0.1) is 25.7 Å². The van der Waals surface area contributed by atoms with E-state index >= 15 is 0 Å². The molecule has 0 saturated heterocycles. The topological polar surface area (TPSA) is 51.1 Å². The molecule has 0 bridgehead atoms. The first-order chi connectivity index (χ1) is 14.0. The van der Waals surface area contributed by atoms with Crippen LogP contribution in [0.3, 0.4) is 0 Å². The largest absolute Gasteiger partial charge is 0.487 e. The number of fused-ring (bicyclic) bond motifs is 1. The van der Waals surface area contributed by atoms with Crippen LogP contribution in [0.15, 0.2) is 53.5 Å². The van der Waals surface area contributed by atoms with E-state index in [-0.39, 0.29) is 5.82 Å². The van der Waals surface area contributed by atoms with Crippen molar-refractivity contribution in [1.82, 2.24) is 0 Å². The number of benzene rings is 2. The molecule has 5 nitrogen and oxygen atoms in total. The summed E-state index contributed by atoms with van der Waals surface area (Å²) in [7, 11) is 1.34. The summed E-state index contributed by atoms with van der Waals surface area (Å²) in [6.45, 7) is 2.81. The molecule has 0 radical (unpaired) electrons. The van der Waals surface area contributed by atoms with Crippen LogP contribution in [0.2, 0.25) is 0 Å². The molecule has 0 saturated carbocycles. The van der Waals surface area contributed by atoms with Crippen molar-refractivity contribution in [2.75, 3.05) is 12.0 Å². The van der Waals surface area contributed by atoms with Crippen LogP contribution >= 0.6 is 11.3 Å². The number of hydrogen-bond donors (Lipinski definition) is 0. The van der Waals surface area contributed by atoms with E-state index in [1.54, 1.807) is 18.5 Å². The van der Waals surface area contributed by atoms with Crippen LogP contribution in [0.5, 0.6) is 5.75 Å². The first kappa shape index (κ1) is 19.1. The van der Waals surface area contributed by atoms with Gasteiger partial charge in [0.15, 0.2) is 4.88 Å². The van der Waals surface area contributed by atoms with Crippen LogP contribution in [0, 0.1) is 12.7 Å². The SMILES string of the molecule is COC(=O)c1sc(N2C=Nc3ccc(F)cc3C2)cc1OCc1ccccc1C. The molecule has 0 atom stereocenters. The summed E-state index contributed by atoms with van der Waals surface area (Å²) in [6.07, 6.45) is 1.68. The van der Waals surface area contributed by atoms with Crippen LogP contribution in [0.1, 0.15) is 26.4 Å². The minimum atomic E-state index is -0.457. The Hall–Kier alpha value is -3.19. The van der Waals surface area contributed by atoms with Crippen LogP contribution in [-0.4, -0.2) is 19.4 Å². The van der Waals surface area contributed by atoms with Gasteiger partial charge in [-0.05, 0) is 36.2 Å². The Labute approximate surface area is 172 Å². The Bertz CT molecular complexity index is 1090. The van der Waals surface area contributed by atoms with Crippen molar-refractivity contribution in [3.05, 3.63) is 75.9 Å². The summed E-state index contributed by atoms with van der Waals surface area (Å²) >= 11 is 1.26. The minimum Gasteiger partial charge on any atom is -0.487 e. The van der Waals surface area contributed by atoms with E-state index in [1.165, 1.54) is 30.6 Å². The van der Waals surface area contributed by atoms with Gasteiger partial charge in [0.2, 0.25) is 0 Å². The maximum atomic E-state index is 13.6. The average molecular weight is 410 g/mol. The molecule has 3 aromatic rings. The lowest BCUT2D eigenvalue weighted by atomic mass is 10.1. The Kier molecular flexibility index (Phi) is 5.31. The molecule has 2 aromatic carbocycles. The Morgan fingerprint density at radius 2 is 2.07 bits per heavy atom. The molecular formula is C22H19FN2O3S. The molecule has 0 spiro atoms. The molecule has 29 heavy (non-hydrogen) atoms. The number of rotatable bonds is 5. The lowest BCUT2D eigenvalue weighted by Gasteiger charge is -2.22. The van der Waals surface area contributed by atoms with Crippen molar-refractivity contribution in [3.8, 4) is 5.75 Å². The van der Waals surface area contributed by atoms with Gasteiger partial charge >= 0.3 is 5.97 Å². The Morgan fingerprint density at radius 3 is 2.86 bits per heavy atom. The fourth-order valence-electron chi connectivity index (χ4n) is 3.07. The maximum Gasteiger partial charge on any atom is 0.351 e. The Balaban J connectivity index is 1.60. The molecule has 4 rings (SSSR count). The van der Waals surface area contributed by atoms with Crippen molar-refractivity contribution < 1.29 is 18.7 Å². The van der Waals surface area contributed by atoms with Crippen molar-refractivity contribution in [2.45, 2.75) is 20.1 Å². The van der Waals surface area contributed by atoms with Gasteiger partial charge in [0, 0.05) is 11.6 Å². The second kappa shape index (κ2) is 8.05. The third-order valence-corrected chi connectivity index (χ3v) is 5.84. The van der Waals surface area contributed by atoms with Crippen molar-refractivity contribution in [3.63, 3.8) is 0 Å². The van der Waals surface area contributed by atoms with Gasteiger partial charge < -0.3 is 14.4 Å². The first-order valence-electron chi connectivity index (χ1n) is 9.04. The lowest BCUT2D eigenvalue weighted by Crippen LogP contribution is -2.22. The second-order valence-corrected chi connectivity index (χ2v) is 7.66. The number of carbonyl (C=O) groups is 1. The summed E-state index contributed by atoms with van der Waals surface area (Å²) in [4.78, 5) is 18.9. The van der Waals surface area contributed by atoms with E-state index in [0.29, 0.717) is 23.8 Å². The van der Waals surface area contributed by atoms with Gasteiger partial charge in [0.25, 0.3) is 0 Å². The van der Waals surface area contributed by atoms with Crippen molar-refractivity contribution >= 4 is 34.3 Å². The summed E-state index contributed by atoms with van der Waals surface area (Å²) in [5.41, 5.74) is 3.68. The summed E-state index contributed by atoms with van der Waals surface area (Å²) in [5, 5.41) is 0.767. The number of ether oxygens (including phenoxy) is 2. The molecule has 148 valence electrons. The first-order valence-corrected chi connectivity index (χ1v) is 9.85. The van der Waals surface area contributed by atoms with Crippen LogP contribution in [-0.2, 0) is 17.9 Å². The molecule has 1 aliphatic heterocycles. The third kappa shape index (κ3) is 4.00. The Morgan fingerprint density at radius 1 is 1.24 bits per heavy atom. The van der Waals surface area contributed by atoms with E-state index in [1.807, 2.05) is 36.1 Å². The van der Waals surface area contributed by atoms with Gasteiger partial charge in [-0.2, -0.15) is 0 Å². The molecule has 0 N–H and O–H groups in total. The standard InChI is InChI=1S/C22H19FN2O3S/c1-14-5-3-4-6-15(14)12-28-19-10-20(29-21(19)22(26)27-2)25-11-16-9-17(23)7-8-18(16)24-13-25/h3-10,13H,11-12H2,1-2H3. The number of anilines is 1. The highest BCUT2D eigenvalue weighted by molar-refractivity contribution is 7.18. The highest BCUT2D eigenvalue weighted by atomic mass is 32.1. The fourth-order valence-corrected chi connectivity index (χ4v) is 4.06. The van der Waals surface area contributed by atoms with Crippen molar-refractivity contribution in [2.24, 2.45) is 4.99 Å². The zero-order chi connectivity index (χ0) is 20.4. The number of methoxy groups -OCH3 is 1. The molecule has 0 amide bonds. The number of hydrogen-bond acceptors (Lipinski definition) is 6. The molecule has 0 unspecified atom stereocenters. The average Bonchev–Trinajstić information content (AvgIpc) is 3.16. The molecule has 7 heteroatoms. The van der Waals surface area contributed by atoms with Crippen LogP contribution < -0.4 is 9.64 Å². The monoisotopic (exact) mass is 410 g/mol. The zero-order valence-corrected chi connectivity index (χ0v) is 16.8. The molecule has 1 aromatic heterocycles. The quantitative estimate of drug-likeness (QED) is 0.540. The van der Waals surface area contributed by atoms with Gasteiger partial charge in [-0.15, -0.1) is 11.3 Å². The van der Waals surface area contributed by atoms with Gasteiger partial charge in [0.1, 0.15) is 23.2 Å². The number of carbonyl (C=O) groups excluding carboxylic acids is 1. The van der Waals surface area contributed by atoms with Crippen LogP contribution in [0.25, 0.3) is 0 Å². The highest BCUT2D eigenvalue weighted by Gasteiger charge is 2.23. The fraction of sp³-hybridized carbons (Fsp3) is 0.182. The molecule has 0 aliphatic carbocycles. The number of nitrogens with zero attached hydrogens (tertiary/aromatic N) is 2. The summed E-state index contributed by atoms with van der Waals surface area (Å²) < 4.78 is 24.5. The smallest absolute Gasteiger partial charge is 0.351 e.